The number of rotatable bonds is 19. The van der Waals surface area contributed by atoms with Crippen LogP contribution < -0.4 is 15.9 Å². The van der Waals surface area contributed by atoms with Crippen molar-refractivity contribution < 1.29 is 28.2 Å². The first-order chi connectivity index (χ1) is 21.4. The van der Waals surface area contributed by atoms with Gasteiger partial charge in [-0.3, -0.25) is 14.2 Å². The molecule has 0 aliphatic carbocycles. The van der Waals surface area contributed by atoms with E-state index >= 15 is 0 Å². The van der Waals surface area contributed by atoms with Crippen LogP contribution in [0.2, 0.25) is 0 Å². The third-order valence-electron chi connectivity index (χ3n) is 8.84. The molecule has 3 heterocycles. The van der Waals surface area contributed by atoms with Gasteiger partial charge < -0.3 is 19.7 Å². The number of nitrogens with one attached hydrogen (secondary N) is 2. The molecule has 45 heavy (non-hydrogen) atoms. The number of esters is 1. The lowest BCUT2D eigenvalue weighted by Gasteiger charge is -2.28. The summed E-state index contributed by atoms with van der Waals surface area (Å²) >= 11 is 0. The molecule has 1 unspecified atom stereocenters. The van der Waals surface area contributed by atoms with Gasteiger partial charge in [0, 0.05) is 6.42 Å². The Bertz CT molecular complexity index is 1330. The van der Waals surface area contributed by atoms with E-state index in [2.05, 4.69) is 40.2 Å². The van der Waals surface area contributed by atoms with Crippen molar-refractivity contribution in [2.75, 3.05) is 18.9 Å². The monoisotopic (exact) mass is 647 g/mol. The normalized spacial score (nSPS) is 21.1. The lowest BCUT2D eigenvalue weighted by atomic mass is 9.95. The summed E-state index contributed by atoms with van der Waals surface area (Å²) in [6.45, 7) is 11.6. The van der Waals surface area contributed by atoms with Crippen molar-refractivity contribution in [2.45, 2.75) is 117 Å². The lowest BCUT2D eigenvalue weighted by molar-refractivity contribution is -0.146. The summed E-state index contributed by atoms with van der Waals surface area (Å²) in [5, 5.41) is 20.1. The molecule has 2 aromatic heterocycles. The average molecular weight is 648 g/mol. The van der Waals surface area contributed by atoms with Crippen molar-refractivity contribution in [3.63, 3.8) is 0 Å². The van der Waals surface area contributed by atoms with Crippen molar-refractivity contribution >= 4 is 30.8 Å². The molecule has 0 amide bonds. The Kier molecular flexibility index (Phi) is 13.5. The first kappa shape index (κ1) is 36.6. The van der Waals surface area contributed by atoms with Crippen LogP contribution in [0.1, 0.15) is 98.6 Å². The number of carbonyl (C=O) groups is 2. The molecule has 5 atom stereocenters. The van der Waals surface area contributed by atoms with Gasteiger partial charge >= 0.3 is 13.6 Å². The molecule has 250 valence electrons. The van der Waals surface area contributed by atoms with Gasteiger partial charge in [-0.15, -0.1) is 0 Å². The number of ketones is 1. The van der Waals surface area contributed by atoms with Gasteiger partial charge in [0.25, 0.3) is 0 Å². The molecule has 1 aliphatic heterocycles. The molecule has 13 nitrogen and oxygen atoms in total. The summed E-state index contributed by atoms with van der Waals surface area (Å²) in [6.07, 6.45) is 6.25. The Labute approximate surface area is 266 Å². The quantitative estimate of drug-likeness (QED) is 0.136. The van der Waals surface area contributed by atoms with Gasteiger partial charge in [0.15, 0.2) is 11.4 Å². The smallest absolute Gasteiger partial charge is 0.342 e. The highest BCUT2D eigenvalue weighted by Crippen LogP contribution is 2.44. The number of nitrogens with two attached hydrogens (primary N) is 1. The molecule has 1 saturated heterocycles. The van der Waals surface area contributed by atoms with Crippen molar-refractivity contribution in [1.82, 2.24) is 24.8 Å². The van der Waals surface area contributed by atoms with Gasteiger partial charge in [-0.25, -0.2) is 19.7 Å². The minimum atomic E-state index is -4.00. The number of hydrogen-bond acceptors (Lipinski definition) is 10. The first-order valence-electron chi connectivity index (χ1n) is 16.1. The molecular weight excluding hydrogens is 597 g/mol. The number of carbonyl (C=O) groups excluding carboxylic acids is 2. The highest BCUT2D eigenvalue weighted by molar-refractivity contribution is 7.54. The zero-order valence-corrected chi connectivity index (χ0v) is 28.3. The standard InChI is InChI=1S/C31H50N7O6P/c1-7-23(8-2)11-13-27(39)21(5)36-45(41,37-22(6)30(40)42-17-24(9-3)10-4)43-18-25-15-16-31(19-32,44-25)28-14-12-26-29(33)34-20-35-38(26)28/h12,14,20-25H,7-11,13,15-18H2,1-6H3,(H2,33,34,35)(H2,36,37,41)/t21-,22-,25-,31-,45?/m0/s1. The predicted molar refractivity (Wildman–Crippen MR) is 171 cm³/mol. The van der Waals surface area contributed by atoms with E-state index in [-0.39, 0.29) is 30.7 Å². The molecule has 0 bridgehead atoms. The topological polar surface area (TPSA) is 183 Å². The van der Waals surface area contributed by atoms with E-state index in [0.717, 1.165) is 32.1 Å². The van der Waals surface area contributed by atoms with Crippen LogP contribution >= 0.6 is 7.67 Å². The van der Waals surface area contributed by atoms with Gasteiger partial charge in [-0.05, 0) is 57.1 Å². The SMILES string of the molecule is CCC(CC)CCC(=O)[C@H](C)NP(=O)(N[C@@H](C)C(=O)OCC(CC)CC)OC[C@@H]1CC[C@](C#N)(c2ccc3c(N)ncnn23)O1. The van der Waals surface area contributed by atoms with E-state index < -0.39 is 37.4 Å². The Morgan fingerprint density at radius 2 is 1.82 bits per heavy atom. The molecule has 14 heteroatoms. The van der Waals surface area contributed by atoms with E-state index in [9.17, 15) is 19.4 Å². The van der Waals surface area contributed by atoms with Crippen LogP contribution in [0.15, 0.2) is 18.5 Å². The minimum Gasteiger partial charge on any atom is -0.464 e. The van der Waals surface area contributed by atoms with Gasteiger partial charge in [-0.1, -0.05) is 53.4 Å². The summed E-state index contributed by atoms with van der Waals surface area (Å²) in [6, 6.07) is 3.94. The minimum absolute atomic E-state index is 0.0986. The molecule has 1 fully saturated rings. The Balaban J connectivity index is 1.73. The first-order valence-corrected chi connectivity index (χ1v) is 17.7. The van der Waals surface area contributed by atoms with Crippen molar-refractivity contribution in [2.24, 2.45) is 11.8 Å². The number of nitrogen functional groups attached to an aromatic ring is 1. The number of ether oxygens (including phenoxy) is 2. The van der Waals surface area contributed by atoms with Gasteiger partial charge in [0.05, 0.1) is 31.1 Å². The summed E-state index contributed by atoms with van der Waals surface area (Å²) in [5.41, 5.74) is 5.69. The number of nitrogens with zero attached hydrogens (tertiary/aromatic N) is 4. The van der Waals surface area contributed by atoms with Crippen molar-refractivity contribution in [1.29, 1.82) is 5.26 Å². The van der Waals surface area contributed by atoms with Crippen LogP contribution in [0.25, 0.3) is 5.52 Å². The van der Waals surface area contributed by atoms with Crippen LogP contribution in [0.4, 0.5) is 5.82 Å². The number of anilines is 1. The summed E-state index contributed by atoms with van der Waals surface area (Å²) in [7, 11) is -4.00. The maximum Gasteiger partial charge on any atom is 0.342 e. The maximum absolute atomic E-state index is 14.2. The maximum atomic E-state index is 14.2. The van der Waals surface area contributed by atoms with Crippen LogP contribution in [0.3, 0.4) is 0 Å². The van der Waals surface area contributed by atoms with Crippen LogP contribution in [-0.4, -0.2) is 57.8 Å². The van der Waals surface area contributed by atoms with Crippen molar-refractivity contribution in [3.05, 3.63) is 24.2 Å². The van der Waals surface area contributed by atoms with Crippen molar-refractivity contribution in [3.8, 4) is 6.07 Å². The second-order valence-corrected chi connectivity index (χ2v) is 13.8. The Hall–Kier alpha value is -2.88. The summed E-state index contributed by atoms with van der Waals surface area (Å²) in [4.78, 5) is 29.9. The molecule has 4 N–H and O–H groups in total. The molecule has 3 rings (SSSR count). The predicted octanol–water partition coefficient (Wildman–Crippen LogP) is 5.06. The lowest BCUT2D eigenvalue weighted by Crippen LogP contribution is -2.42. The molecule has 0 radical (unpaired) electrons. The van der Waals surface area contributed by atoms with E-state index in [1.165, 1.54) is 10.8 Å². The third-order valence-corrected chi connectivity index (χ3v) is 10.8. The molecule has 0 aromatic carbocycles. The van der Waals surface area contributed by atoms with Gasteiger partial charge in [0.2, 0.25) is 0 Å². The van der Waals surface area contributed by atoms with Crippen LogP contribution in [0, 0.1) is 23.2 Å². The fraction of sp³-hybridized carbons (Fsp3) is 0.710. The van der Waals surface area contributed by atoms with E-state index in [4.69, 9.17) is 19.7 Å². The summed E-state index contributed by atoms with van der Waals surface area (Å²) in [5.74, 6) is 0.278. The number of aromatic nitrogens is 3. The molecule has 2 aromatic rings. The zero-order valence-electron chi connectivity index (χ0n) is 27.5. The number of hydrogen-bond donors (Lipinski definition) is 3. The molecule has 0 spiro atoms. The fourth-order valence-corrected chi connectivity index (χ4v) is 7.38. The second-order valence-electron chi connectivity index (χ2n) is 11.9. The van der Waals surface area contributed by atoms with Crippen LogP contribution in [-0.2, 0) is 33.8 Å². The average Bonchev–Trinajstić information content (AvgIpc) is 3.67. The highest BCUT2D eigenvalue weighted by atomic mass is 31.2. The molecule has 0 saturated carbocycles. The number of nitriles is 1. The van der Waals surface area contributed by atoms with E-state index in [0.29, 0.717) is 36.4 Å². The molecule has 1 aliphatic rings. The fourth-order valence-electron chi connectivity index (χ4n) is 5.51. The largest absolute Gasteiger partial charge is 0.464 e. The highest BCUT2D eigenvalue weighted by Gasteiger charge is 2.45. The molecular formula is C31H50N7O6P. The van der Waals surface area contributed by atoms with E-state index in [1.54, 1.807) is 26.0 Å². The van der Waals surface area contributed by atoms with Gasteiger partial charge in [0.1, 0.15) is 29.7 Å². The zero-order chi connectivity index (χ0) is 33.2. The Morgan fingerprint density at radius 1 is 1.16 bits per heavy atom. The number of fused-ring (bicyclic) bond motifs is 1. The van der Waals surface area contributed by atoms with E-state index in [1.807, 2.05) is 13.8 Å². The van der Waals surface area contributed by atoms with Gasteiger partial charge in [-0.2, -0.15) is 10.4 Å². The third kappa shape index (κ3) is 9.33. The second kappa shape index (κ2) is 16.6. The Morgan fingerprint density at radius 3 is 2.47 bits per heavy atom. The number of Topliss-reactive ketones (excluding diaryl/α,β-unsaturated/α-hetero) is 1. The summed E-state index contributed by atoms with van der Waals surface area (Å²) < 4.78 is 33.4. The van der Waals surface area contributed by atoms with Crippen LogP contribution in [0.5, 0.6) is 0 Å².